The van der Waals surface area contributed by atoms with Gasteiger partial charge in [-0.25, -0.2) is 4.68 Å². The molecule has 0 fully saturated rings. The molecule has 0 bridgehead atoms. The smallest absolute Gasteiger partial charge is 0.238 e. The third-order valence-electron chi connectivity index (χ3n) is 5.05. The first-order valence-corrected chi connectivity index (χ1v) is 9.56. The third-order valence-corrected chi connectivity index (χ3v) is 5.05. The zero-order valence-electron chi connectivity index (χ0n) is 16.0. The lowest BCUT2D eigenvalue weighted by Gasteiger charge is -2.25. The van der Waals surface area contributed by atoms with Crippen molar-refractivity contribution in [2.45, 2.75) is 13.3 Å². The van der Waals surface area contributed by atoms with E-state index in [9.17, 15) is 4.79 Å². The summed E-state index contributed by atoms with van der Waals surface area (Å²) in [7, 11) is 0. The Morgan fingerprint density at radius 2 is 1.89 bits per heavy atom. The number of aromatic nitrogens is 2. The van der Waals surface area contributed by atoms with Crippen molar-refractivity contribution in [1.29, 1.82) is 0 Å². The number of hydrogen-bond acceptors (Lipinski definition) is 3. The molecule has 1 aliphatic rings. The highest BCUT2D eigenvalue weighted by Gasteiger charge is 2.17. The van der Waals surface area contributed by atoms with Crippen molar-refractivity contribution in [2.24, 2.45) is 0 Å². The van der Waals surface area contributed by atoms with Crippen molar-refractivity contribution in [3.63, 3.8) is 0 Å². The van der Waals surface area contributed by atoms with Crippen LogP contribution < -0.4 is 5.32 Å². The Kier molecular flexibility index (Phi) is 5.35. The van der Waals surface area contributed by atoms with Gasteiger partial charge in [0.25, 0.3) is 0 Å². The molecule has 2 aromatic carbocycles. The van der Waals surface area contributed by atoms with Crippen molar-refractivity contribution in [3.05, 3.63) is 84.2 Å². The molecule has 1 aliphatic heterocycles. The van der Waals surface area contributed by atoms with Crippen LogP contribution in [0.4, 0.5) is 5.69 Å². The molecule has 28 heavy (non-hydrogen) atoms. The molecule has 1 amide bonds. The summed E-state index contributed by atoms with van der Waals surface area (Å²) in [6.45, 7) is 4.04. The number of rotatable bonds is 5. The number of aryl methyl sites for hydroxylation is 1. The SMILES string of the molecule is Cc1ccccc1NC(=O)CN1CC=C(c2cnn(-c3ccccc3)c2)CC1. The fraction of sp³-hybridized carbons (Fsp3) is 0.217. The summed E-state index contributed by atoms with van der Waals surface area (Å²) in [5, 5.41) is 7.49. The standard InChI is InChI=1S/C23H24N4O/c1-18-7-5-6-10-22(18)25-23(28)17-26-13-11-19(12-14-26)20-15-24-27(16-20)21-8-3-2-4-9-21/h2-11,15-16H,12-14,17H2,1H3,(H,25,28). The first-order chi connectivity index (χ1) is 13.7. The highest BCUT2D eigenvalue weighted by Crippen LogP contribution is 2.23. The topological polar surface area (TPSA) is 50.2 Å². The van der Waals surface area contributed by atoms with E-state index in [0.29, 0.717) is 6.54 Å². The Hall–Kier alpha value is -3.18. The number of para-hydroxylation sites is 2. The summed E-state index contributed by atoms with van der Waals surface area (Å²) in [6, 6.07) is 18.0. The van der Waals surface area contributed by atoms with Crippen LogP contribution in [0, 0.1) is 6.92 Å². The van der Waals surface area contributed by atoms with E-state index < -0.39 is 0 Å². The largest absolute Gasteiger partial charge is 0.325 e. The van der Waals surface area contributed by atoms with Crippen molar-refractivity contribution >= 4 is 17.2 Å². The summed E-state index contributed by atoms with van der Waals surface area (Å²) in [5.74, 6) is 0.0306. The zero-order chi connectivity index (χ0) is 19.3. The van der Waals surface area contributed by atoms with Crippen LogP contribution in [-0.4, -0.2) is 40.2 Å². The van der Waals surface area contributed by atoms with Crippen LogP contribution in [0.3, 0.4) is 0 Å². The number of amides is 1. The van der Waals surface area contributed by atoms with Gasteiger partial charge >= 0.3 is 0 Å². The number of nitrogens with one attached hydrogen (secondary N) is 1. The molecule has 0 aliphatic carbocycles. The molecule has 3 aromatic rings. The van der Waals surface area contributed by atoms with Gasteiger partial charge < -0.3 is 5.32 Å². The van der Waals surface area contributed by atoms with Crippen molar-refractivity contribution in [1.82, 2.24) is 14.7 Å². The van der Waals surface area contributed by atoms with Gasteiger partial charge in [-0.2, -0.15) is 5.10 Å². The number of carbonyl (C=O) groups excluding carboxylic acids is 1. The van der Waals surface area contributed by atoms with Gasteiger partial charge in [-0.15, -0.1) is 0 Å². The number of benzene rings is 2. The van der Waals surface area contributed by atoms with E-state index in [1.165, 1.54) is 5.57 Å². The first kappa shape index (κ1) is 18.2. The highest BCUT2D eigenvalue weighted by molar-refractivity contribution is 5.93. The van der Waals surface area contributed by atoms with Crippen LogP contribution >= 0.6 is 0 Å². The highest BCUT2D eigenvalue weighted by atomic mass is 16.2. The molecule has 1 N–H and O–H groups in total. The van der Waals surface area contributed by atoms with Crippen molar-refractivity contribution < 1.29 is 4.79 Å². The van der Waals surface area contributed by atoms with E-state index in [1.54, 1.807) is 0 Å². The van der Waals surface area contributed by atoms with Crippen molar-refractivity contribution in [3.8, 4) is 5.69 Å². The molecule has 2 heterocycles. The molecule has 0 atom stereocenters. The Bertz CT molecular complexity index is 991. The average Bonchev–Trinajstić information content (AvgIpc) is 3.21. The number of hydrogen-bond donors (Lipinski definition) is 1. The summed E-state index contributed by atoms with van der Waals surface area (Å²) < 4.78 is 1.90. The minimum Gasteiger partial charge on any atom is -0.325 e. The van der Waals surface area contributed by atoms with Gasteiger partial charge in [-0.3, -0.25) is 9.69 Å². The predicted octanol–water partition coefficient (Wildman–Crippen LogP) is 3.91. The molecule has 142 valence electrons. The molecule has 0 unspecified atom stereocenters. The molecule has 0 saturated heterocycles. The quantitative estimate of drug-likeness (QED) is 0.739. The van der Waals surface area contributed by atoms with Gasteiger partial charge in [-0.05, 0) is 42.7 Å². The van der Waals surface area contributed by atoms with Gasteiger partial charge in [0.15, 0.2) is 0 Å². The van der Waals surface area contributed by atoms with Crippen LogP contribution in [0.1, 0.15) is 17.5 Å². The van der Waals surface area contributed by atoms with E-state index in [1.807, 2.05) is 72.4 Å². The Morgan fingerprint density at radius 3 is 2.64 bits per heavy atom. The number of nitrogens with zero attached hydrogens (tertiary/aromatic N) is 3. The fourth-order valence-corrected chi connectivity index (χ4v) is 3.43. The summed E-state index contributed by atoms with van der Waals surface area (Å²) in [5.41, 5.74) is 5.45. The van der Waals surface area contributed by atoms with Crippen molar-refractivity contribution in [2.75, 3.05) is 25.0 Å². The van der Waals surface area contributed by atoms with Gasteiger partial charge in [0, 0.05) is 30.5 Å². The lowest BCUT2D eigenvalue weighted by atomic mass is 10.0. The van der Waals surface area contributed by atoms with Gasteiger partial charge in [0.1, 0.15) is 0 Å². The number of anilines is 1. The van der Waals surface area contributed by atoms with Gasteiger partial charge in [0.05, 0.1) is 18.4 Å². The van der Waals surface area contributed by atoms with Crippen LogP contribution in [-0.2, 0) is 4.79 Å². The maximum atomic E-state index is 12.4. The summed E-state index contributed by atoms with van der Waals surface area (Å²) in [4.78, 5) is 14.5. The molecule has 5 nitrogen and oxygen atoms in total. The second kappa shape index (κ2) is 8.23. The summed E-state index contributed by atoms with van der Waals surface area (Å²) >= 11 is 0. The van der Waals surface area contributed by atoms with Crippen LogP contribution in [0.2, 0.25) is 0 Å². The van der Waals surface area contributed by atoms with Crippen LogP contribution in [0.25, 0.3) is 11.3 Å². The third kappa shape index (κ3) is 4.21. The van der Waals surface area contributed by atoms with Crippen LogP contribution in [0.5, 0.6) is 0 Å². The molecular formula is C23H24N4O. The predicted molar refractivity (Wildman–Crippen MR) is 112 cm³/mol. The Labute approximate surface area is 165 Å². The lowest BCUT2D eigenvalue weighted by Crippen LogP contribution is -2.36. The second-order valence-electron chi connectivity index (χ2n) is 7.09. The number of carbonyl (C=O) groups is 1. The Balaban J connectivity index is 1.35. The molecule has 4 rings (SSSR count). The minimum absolute atomic E-state index is 0.0306. The lowest BCUT2D eigenvalue weighted by molar-refractivity contribution is -0.117. The monoisotopic (exact) mass is 372 g/mol. The zero-order valence-corrected chi connectivity index (χ0v) is 16.0. The van der Waals surface area contributed by atoms with Gasteiger partial charge in [0.2, 0.25) is 5.91 Å². The van der Waals surface area contributed by atoms with Gasteiger partial charge in [-0.1, -0.05) is 42.5 Å². The first-order valence-electron chi connectivity index (χ1n) is 9.56. The molecule has 0 radical (unpaired) electrons. The maximum absolute atomic E-state index is 12.4. The van der Waals surface area contributed by atoms with E-state index >= 15 is 0 Å². The minimum atomic E-state index is 0.0306. The van der Waals surface area contributed by atoms with E-state index in [0.717, 1.165) is 42.0 Å². The average molecular weight is 372 g/mol. The Morgan fingerprint density at radius 1 is 1.11 bits per heavy atom. The molecule has 0 saturated carbocycles. The van der Waals surface area contributed by atoms with E-state index in [4.69, 9.17) is 0 Å². The summed E-state index contributed by atoms with van der Waals surface area (Å²) in [6.07, 6.45) is 7.11. The molecule has 5 heteroatoms. The molecular weight excluding hydrogens is 348 g/mol. The van der Waals surface area contributed by atoms with Crippen LogP contribution in [0.15, 0.2) is 73.1 Å². The van der Waals surface area contributed by atoms with E-state index in [-0.39, 0.29) is 5.91 Å². The maximum Gasteiger partial charge on any atom is 0.238 e. The second-order valence-corrected chi connectivity index (χ2v) is 7.09. The normalized spacial score (nSPS) is 14.5. The fourth-order valence-electron chi connectivity index (χ4n) is 3.43. The van der Waals surface area contributed by atoms with E-state index in [2.05, 4.69) is 27.6 Å². The molecule has 0 spiro atoms. The molecule has 1 aromatic heterocycles.